The number of nitrogens with one attached hydrogen (secondary N) is 1. The van der Waals surface area contributed by atoms with Crippen LogP contribution in [0.1, 0.15) is 32.8 Å². The predicted octanol–water partition coefficient (Wildman–Crippen LogP) is 2.93. The van der Waals surface area contributed by atoms with Gasteiger partial charge in [-0.25, -0.2) is 0 Å². The van der Waals surface area contributed by atoms with Gasteiger partial charge in [0.1, 0.15) is 0 Å². The Morgan fingerprint density at radius 2 is 1.67 bits per heavy atom. The zero-order chi connectivity index (χ0) is 17.8. The first kappa shape index (κ1) is 20.9. The average Bonchev–Trinajstić information content (AvgIpc) is 2.56. The lowest BCUT2D eigenvalue weighted by molar-refractivity contribution is 0.0708. The van der Waals surface area contributed by atoms with Gasteiger partial charge < -0.3 is 28.4 Å². The Morgan fingerprint density at radius 1 is 1.04 bits per heavy atom. The van der Waals surface area contributed by atoms with Crippen molar-refractivity contribution in [1.82, 2.24) is 5.32 Å². The molecule has 1 aromatic rings. The van der Waals surface area contributed by atoms with Crippen LogP contribution in [0.15, 0.2) is 18.2 Å². The first-order chi connectivity index (χ1) is 11.6. The zero-order valence-corrected chi connectivity index (χ0v) is 16.3. The SMILES string of the molecule is CCO[Si](CCCNCc1ccc(O)c(OC)c1)(OCC)OCC. The van der Waals surface area contributed by atoms with Gasteiger partial charge in [0.15, 0.2) is 11.5 Å². The van der Waals surface area contributed by atoms with Gasteiger partial charge in [-0.15, -0.1) is 0 Å². The molecule has 0 spiro atoms. The van der Waals surface area contributed by atoms with Crippen molar-refractivity contribution in [1.29, 1.82) is 0 Å². The lowest BCUT2D eigenvalue weighted by atomic mass is 10.2. The van der Waals surface area contributed by atoms with Crippen LogP contribution >= 0.6 is 0 Å². The monoisotopic (exact) mass is 357 g/mol. The largest absolute Gasteiger partial charge is 0.504 e. The molecule has 0 aliphatic carbocycles. The van der Waals surface area contributed by atoms with Crippen molar-refractivity contribution in [2.75, 3.05) is 33.5 Å². The molecule has 6 nitrogen and oxygen atoms in total. The Balaban J connectivity index is 2.42. The third kappa shape index (κ3) is 6.78. The second kappa shape index (κ2) is 11.4. The quantitative estimate of drug-likeness (QED) is 0.418. The van der Waals surface area contributed by atoms with E-state index in [9.17, 15) is 5.11 Å². The molecule has 0 radical (unpaired) electrons. The number of methoxy groups -OCH3 is 1. The van der Waals surface area contributed by atoms with Gasteiger partial charge in [0.05, 0.1) is 7.11 Å². The van der Waals surface area contributed by atoms with Crippen molar-refractivity contribution in [3.63, 3.8) is 0 Å². The molecule has 0 fully saturated rings. The summed E-state index contributed by atoms with van der Waals surface area (Å²) in [5, 5.41) is 13.0. The first-order valence-corrected chi connectivity index (χ1v) is 10.5. The Hall–Kier alpha value is -1.12. The van der Waals surface area contributed by atoms with Gasteiger partial charge in [-0.1, -0.05) is 6.07 Å². The number of rotatable bonds is 13. The molecular weight excluding hydrogens is 326 g/mol. The fourth-order valence-corrected chi connectivity index (χ4v) is 5.11. The number of ether oxygens (including phenoxy) is 1. The summed E-state index contributed by atoms with van der Waals surface area (Å²) in [6.45, 7) is 9.27. The normalized spacial score (nSPS) is 11.7. The van der Waals surface area contributed by atoms with Gasteiger partial charge in [-0.05, 0) is 51.4 Å². The molecule has 1 rings (SSSR count). The van der Waals surface area contributed by atoms with Gasteiger partial charge in [-0.3, -0.25) is 0 Å². The highest BCUT2D eigenvalue weighted by Crippen LogP contribution is 2.26. The molecule has 24 heavy (non-hydrogen) atoms. The summed E-state index contributed by atoms with van der Waals surface area (Å²) >= 11 is 0. The number of benzene rings is 1. The molecule has 2 N–H and O–H groups in total. The van der Waals surface area contributed by atoms with Crippen molar-refractivity contribution >= 4 is 8.80 Å². The zero-order valence-electron chi connectivity index (χ0n) is 15.3. The molecule has 0 atom stereocenters. The predicted molar refractivity (Wildman–Crippen MR) is 96.4 cm³/mol. The standard InChI is InChI=1S/C17H31NO5Si/c1-5-21-24(22-6-2,23-7-3)12-8-11-18-14-15-9-10-16(19)17(13-15)20-4/h9-10,13,18-19H,5-8,11-12,14H2,1-4H3. The summed E-state index contributed by atoms with van der Waals surface area (Å²) in [5.41, 5.74) is 1.06. The van der Waals surface area contributed by atoms with E-state index in [1.165, 1.54) is 0 Å². The van der Waals surface area contributed by atoms with Crippen LogP contribution in [-0.2, 0) is 19.8 Å². The third-order valence-corrected chi connectivity index (χ3v) is 6.65. The van der Waals surface area contributed by atoms with Gasteiger partial charge >= 0.3 is 8.80 Å². The molecule has 0 aliphatic rings. The Kier molecular flexibility index (Phi) is 9.97. The van der Waals surface area contributed by atoms with E-state index >= 15 is 0 Å². The fraction of sp³-hybridized carbons (Fsp3) is 0.647. The van der Waals surface area contributed by atoms with Crippen LogP contribution in [0.25, 0.3) is 0 Å². The highest BCUT2D eigenvalue weighted by Gasteiger charge is 2.39. The summed E-state index contributed by atoms with van der Waals surface area (Å²) in [4.78, 5) is 0. The van der Waals surface area contributed by atoms with Crippen LogP contribution < -0.4 is 10.1 Å². The summed E-state index contributed by atoms with van der Waals surface area (Å²) in [6.07, 6.45) is 0.918. The topological polar surface area (TPSA) is 69.2 Å². The van der Waals surface area contributed by atoms with Crippen molar-refractivity contribution in [2.45, 2.75) is 39.8 Å². The second-order valence-electron chi connectivity index (χ2n) is 5.27. The number of hydrogen-bond acceptors (Lipinski definition) is 6. The summed E-state index contributed by atoms with van der Waals surface area (Å²) < 4.78 is 22.6. The molecular formula is C17H31NO5Si. The van der Waals surface area contributed by atoms with Crippen LogP contribution in [0, 0.1) is 0 Å². The van der Waals surface area contributed by atoms with Crippen molar-refractivity contribution in [3.8, 4) is 11.5 Å². The molecule has 7 heteroatoms. The fourth-order valence-electron chi connectivity index (χ4n) is 2.50. The number of phenols is 1. The van der Waals surface area contributed by atoms with Gasteiger partial charge in [-0.2, -0.15) is 0 Å². The Morgan fingerprint density at radius 3 is 2.21 bits per heavy atom. The minimum absolute atomic E-state index is 0.155. The lowest BCUT2D eigenvalue weighted by Crippen LogP contribution is -2.46. The minimum Gasteiger partial charge on any atom is -0.504 e. The van der Waals surface area contributed by atoms with Crippen LogP contribution in [0.5, 0.6) is 11.5 Å². The van der Waals surface area contributed by atoms with Crippen LogP contribution in [0.3, 0.4) is 0 Å². The van der Waals surface area contributed by atoms with E-state index < -0.39 is 8.80 Å². The molecule has 0 aliphatic heterocycles. The van der Waals surface area contributed by atoms with Crippen molar-refractivity contribution < 1.29 is 23.1 Å². The van der Waals surface area contributed by atoms with Gasteiger partial charge in [0.2, 0.25) is 0 Å². The smallest absolute Gasteiger partial charge is 0.500 e. The van der Waals surface area contributed by atoms with E-state index in [4.69, 9.17) is 18.0 Å². The molecule has 0 heterocycles. The van der Waals surface area contributed by atoms with Gasteiger partial charge in [0.25, 0.3) is 0 Å². The molecule has 1 aromatic carbocycles. The van der Waals surface area contributed by atoms with E-state index in [1.807, 2.05) is 32.9 Å². The third-order valence-electron chi connectivity index (χ3n) is 3.50. The highest BCUT2D eigenvalue weighted by atomic mass is 28.4. The molecule has 0 aromatic heterocycles. The molecule has 0 amide bonds. The Bertz CT molecular complexity index is 455. The van der Waals surface area contributed by atoms with E-state index in [-0.39, 0.29) is 5.75 Å². The summed E-state index contributed by atoms with van der Waals surface area (Å²) in [7, 11) is -0.993. The van der Waals surface area contributed by atoms with E-state index in [1.54, 1.807) is 13.2 Å². The number of hydrogen-bond donors (Lipinski definition) is 2. The maximum absolute atomic E-state index is 9.60. The first-order valence-electron chi connectivity index (χ1n) is 8.59. The van der Waals surface area contributed by atoms with Crippen LogP contribution in [-0.4, -0.2) is 47.4 Å². The number of aromatic hydroxyl groups is 1. The average molecular weight is 358 g/mol. The molecule has 138 valence electrons. The van der Waals surface area contributed by atoms with Crippen molar-refractivity contribution in [2.24, 2.45) is 0 Å². The van der Waals surface area contributed by atoms with E-state index in [0.29, 0.717) is 32.1 Å². The maximum Gasteiger partial charge on any atom is 0.500 e. The van der Waals surface area contributed by atoms with Crippen LogP contribution in [0.2, 0.25) is 6.04 Å². The van der Waals surface area contributed by atoms with Gasteiger partial charge in [0, 0.05) is 32.4 Å². The summed E-state index contributed by atoms with van der Waals surface area (Å²) in [5.74, 6) is 0.645. The molecule has 0 saturated heterocycles. The lowest BCUT2D eigenvalue weighted by Gasteiger charge is -2.28. The second-order valence-corrected chi connectivity index (χ2v) is 8.00. The van der Waals surface area contributed by atoms with E-state index in [0.717, 1.165) is 24.6 Å². The molecule has 0 saturated carbocycles. The van der Waals surface area contributed by atoms with E-state index in [2.05, 4.69) is 5.32 Å². The Labute approximate surface area is 146 Å². The van der Waals surface area contributed by atoms with Crippen molar-refractivity contribution in [3.05, 3.63) is 23.8 Å². The van der Waals surface area contributed by atoms with Crippen LogP contribution in [0.4, 0.5) is 0 Å². The minimum atomic E-state index is -2.54. The molecule has 0 unspecified atom stereocenters. The maximum atomic E-state index is 9.60. The summed E-state index contributed by atoms with van der Waals surface area (Å²) in [6, 6.07) is 6.16. The molecule has 0 bridgehead atoms. The number of phenolic OH excluding ortho intramolecular Hbond substituents is 1. The highest BCUT2D eigenvalue weighted by molar-refractivity contribution is 6.60.